The predicted octanol–water partition coefficient (Wildman–Crippen LogP) is 1.55. The molecule has 5 N–H and O–H groups in total. The van der Waals surface area contributed by atoms with Crippen LogP contribution in [0.5, 0.6) is 11.5 Å². The monoisotopic (exact) mass is 518 g/mol. The third-order valence-electron chi connectivity index (χ3n) is 7.25. The summed E-state index contributed by atoms with van der Waals surface area (Å²) in [4.78, 5) is 24.3. The number of nitrogens with two attached hydrogens (primary N) is 2. The molecule has 0 unspecified atom stereocenters. The van der Waals surface area contributed by atoms with Crippen LogP contribution in [0.25, 0.3) is 0 Å². The van der Waals surface area contributed by atoms with Crippen molar-refractivity contribution in [2.45, 2.75) is 38.1 Å². The maximum Gasteiger partial charge on any atom is 0.277 e. The van der Waals surface area contributed by atoms with Crippen LogP contribution >= 0.6 is 0 Å². The van der Waals surface area contributed by atoms with Gasteiger partial charge in [0.2, 0.25) is 0 Å². The van der Waals surface area contributed by atoms with E-state index in [2.05, 4.69) is 14.9 Å². The Morgan fingerprint density at radius 1 is 1.08 bits per heavy atom. The predicted molar refractivity (Wildman–Crippen MR) is 146 cm³/mol. The Bertz CT molecular complexity index is 1380. The van der Waals surface area contributed by atoms with E-state index in [9.17, 15) is 9.90 Å². The van der Waals surface area contributed by atoms with Crippen molar-refractivity contribution in [1.82, 2.24) is 14.5 Å². The van der Waals surface area contributed by atoms with Gasteiger partial charge >= 0.3 is 0 Å². The molecule has 2 aliphatic heterocycles. The molecule has 0 spiro atoms. The Morgan fingerprint density at radius 3 is 2.45 bits per heavy atom. The SMILES string of the molecule is CN=C(c1ccc(CN)cc1)c1ncn(CC2(O)CCN(Cc3ccc4c(c3)OCCO4)CC2)c(=O)c1N. The van der Waals surface area contributed by atoms with Crippen LogP contribution in [0.2, 0.25) is 0 Å². The fraction of sp³-hybridized carbons (Fsp3) is 0.393. The van der Waals surface area contributed by atoms with E-state index in [1.807, 2.05) is 42.5 Å². The molecule has 1 saturated heterocycles. The molecule has 5 rings (SSSR count). The van der Waals surface area contributed by atoms with Crippen LogP contribution in [0.3, 0.4) is 0 Å². The Balaban J connectivity index is 1.25. The summed E-state index contributed by atoms with van der Waals surface area (Å²) < 4.78 is 12.7. The molecule has 0 atom stereocenters. The van der Waals surface area contributed by atoms with Gasteiger partial charge in [0.1, 0.15) is 24.6 Å². The Kier molecular flexibility index (Phi) is 7.46. The average Bonchev–Trinajstić information content (AvgIpc) is 2.94. The van der Waals surface area contributed by atoms with Crippen molar-refractivity contribution < 1.29 is 14.6 Å². The number of anilines is 1. The maximum atomic E-state index is 13.2. The lowest BCUT2D eigenvalue weighted by Crippen LogP contribution is -2.48. The molecule has 0 bridgehead atoms. The number of aliphatic hydroxyl groups is 1. The van der Waals surface area contributed by atoms with Crippen LogP contribution in [0, 0.1) is 0 Å². The number of piperidine rings is 1. The molecule has 3 heterocycles. The van der Waals surface area contributed by atoms with E-state index < -0.39 is 5.60 Å². The third kappa shape index (κ3) is 5.42. The summed E-state index contributed by atoms with van der Waals surface area (Å²) in [5.41, 5.74) is 14.3. The van der Waals surface area contributed by atoms with Crippen molar-refractivity contribution in [3.05, 3.63) is 81.5 Å². The van der Waals surface area contributed by atoms with Gasteiger partial charge in [-0.1, -0.05) is 30.3 Å². The van der Waals surface area contributed by atoms with Crippen LogP contribution in [0.4, 0.5) is 5.69 Å². The lowest BCUT2D eigenvalue weighted by atomic mass is 9.91. The molecule has 10 heteroatoms. The van der Waals surface area contributed by atoms with E-state index in [0.717, 1.165) is 34.7 Å². The second kappa shape index (κ2) is 10.9. The van der Waals surface area contributed by atoms with E-state index in [4.69, 9.17) is 20.9 Å². The molecule has 2 aromatic carbocycles. The van der Waals surface area contributed by atoms with Gasteiger partial charge in [0.05, 0.1) is 24.2 Å². The smallest absolute Gasteiger partial charge is 0.277 e. The van der Waals surface area contributed by atoms with Crippen molar-refractivity contribution in [3.8, 4) is 11.5 Å². The number of fused-ring (bicyclic) bond motifs is 1. The molecule has 38 heavy (non-hydrogen) atoms. The van der Waals surface area contributed by atoms with E-state index >= 15 is 0 Å². The normalized spacial score (nSPS) is 17.4. The number of ether oxygens (including phenoxy) is 2. The number of hydrogen-bond acceptors (Lipinski definition) is 9. The molecule has 3 aromatic rings. The molecule has 0 aliphatic carbocycles. The third-order valence-corrected chi connectivity index (χ3v) is 7.25. The average molecular weight is 519 g/mol. The maximum absolute atomic E-state index is 13.2. The number of aromatic nitrogens is 2. The fourth-order valence-corrected chi connectivity index (χ4v) is 5.02. The first-order valence-corrected chi connectivity index (χ1v) is 12.8. The molecular formula is C28H34N6O4. The molecule has 1 fully saturated rings. The summed E-state index contributed by atoms with van der Waals surface area (Å²) in [6, 6.07) is 13.6. The highest BCUT2D eigenvalue weighted by Gasteiger charge is 2.33. The number of likely N-dealkylation sites (tertiary alicyclic amines) is 1. The van der Waals surface area contributed by atoms with Crippen LogP contribution < -0.4 is 26.5 Å². The quantitative estimate of drug-likeness (QED) is 0.400. The molecular weight excluding hydrogens is 484 g/mol. The highest BCUT2D eigenvalue weighted by Crippen LogP contribution is 2.32. The number of aliphatic imine (C=N–C) groups is 1. The molecule has 0 saturated carbocycles. The number of hydrogen-bond donors (Lipinski definition) is 3. The largest absolute Gasteiger partial charge is 0.486 e. The second-order valence-corrected chi connectivity index (χ2v) is 9.89. The fourth-order valence-electron chi connectivity index (χ4n) is 5.02. The Hall–Kier alpha value is -3.73. The second-order valence-electron chi connectivity index (χ2n) is 9.89. The lowest BCUT2D eigenvalue weighted by Gasteiger charge is -2.38. The summed E-state index contributed by atoms with van der Waals surface area (Å²) in [5.74, 6) is 1.55. The Labute approximate surface area is 221 Å². The molecule has 1 aromatic heterocycles. The number of nitrogen functional groups attached to an aromatic ring is 1. The zero-order chi connectivity index (χ0) is 26.7. The summed E-state index contributed by atoms with van der Waals surface area (Å²) >= 11 is 0. The zero-order valence-corrected chi connectivity index (χ0v) is 21.6. The highest BCUT2D eigenvalue weighted by atomic mass is 16.6. The van der Waals surface area contributed by atoms with Gasteiger partial charge in [-0.15, -0.1) is 0 Å². The number of nitrogens with zero attached hydrogens (tertiary/aromatic N) is 4. The number of rotatable bonds is 7. The van der Waals surface area contributed by atoms with Crippen molar-refractivity contribution in [2.24, 2.45) is 10.7 Å². The topological polar surface area (TPSA) is 141 Å². The van der Waals surface area contributed by atoms with Crippen LogP contribution in [0.15, 0.2) is 58.6 Å². The van der Waals surface area contributed by atoms with Gasteiger partial charge in [-0.05, 0) is 36.1 Å². The zero-order valence-electron chi connectivity index (χ0n) is 21.6. The van der Waals surface area contributed by atoms with E-state index in [-0.39, 0.29) is 17.8 Å². The van der Waals surface area contributed by atoms with E-state index in [0.29, 0.717) is 57.1 Å². The van der Waals surface area contributed by atoms with Gasteiger partial charge in [0.25, 0.3) is 5.56 Å². The van der Waals surface area contributed by atoms with Crippen LogP contribution in [-0.4, -0.2) is 64.2 Å². The van der Waals surface area contributed by atoms with E-state index in [1.54, 1.807) is 7.05 Å². The standard InChI is InChI=1S/C28H34N6O4/c1-31-25(21-5-2-19(15-29)3-6-21)26-24(30)27(35)34(18-32-26)17-28(36)8-10-33(11-9-28)16-20-4-7-22-23(14-20)38-13-12-37-22/h2-7,14,18,36H,8-13,15-17,29-30H2,1H3. The minimum Gasteiger partial charge on any atom is -0.486 e. The van der Waals surface area contributed by atoms with Gasteiger partial charge in [-0.2, -0.15) is 0 Å². The van der Waals surface area contributed by atoms with Crippen molar-refractivity contribution in [2.75, 3.05) is 39.1 Å². The first-order chi connectivity index (χ1) is 18.4. The van der Waals surface area contributed by atoms with Crippen molar-refractivity contribution >= 4 is 11.4 Å². The summed E-state index contributed by atoms with van der Waals surface area (Å²) in [5, 5.41) is 11.3. The minimum atomic E-state index is -1.03. The molecule has 200 valence electrons. The molecule has 10 nitrogen and oxygen atoms in total. The van der Waals surface area contributed by atoms with Crippen LogP contribution in [0.1, 0.15) is 35.2 Å². The minimum absolute atomic E-state index is 0.00986. The van der Waals surface area contributed by atoms with Gasteiger partial charge < -0.3 is 26.0 Å². The highest BCUT2D eigenvalue weighted by molar-refractivity contribution is 6.14. The summed E-state index contributed by atoms with van der Waals surface area (Å²) in [6.07, 6.45) is 2.51. The first-order valence-electron chi connectivity index (χ1n) is 12.8. The summed E-state index contributed by atoms with van der Waals surface area (Å²) in [7, 11) is 1.64. The first kappa shape index (κ1) is 25.9. The van der Waals surface area contributed by atoms with Crippen molar-refractivity contribution in [3.63, 3.8) is 0 Å². The Morgan fingerprint density at radius 2 is 1.76 bits per heavy atom. The lowest BCUT2D eigenvalue weighted by molar-refractivity contribution is -0.0365. The molecule has 0 amide bonds. The number of benzene rings is 2. The van der Waals surface area contributed by atoms with Crippen molar-refractivity contribution in [1.29, 1.82) is 0 Å². The van der Waals surface area contributed by atoms with Gasteiger partial charge in [-0.3, -0.25) is 19.3 Å². The van der Waals surface area contributed by atoms with Crippen LogP contribution in [-0.2, 0) is 19.6 Å². The molecule has 2 aliphatic rings. The molecule has 0 radical (unpaired) electrons. The van der Waals surface area contributed by atoms with Gasteiger partial charge in [-0.25, -0.2) is 4.98 Å². The summed E-state index contributed by atoms with van der Waals surface area (Å²) in [6.45, 7) is 3.85. The van der Waals surface area contributed by atoms with Gasteiger partial charge in [0, 0.05) is 38.8 Å². The van der Waals surface area contributed by atoms with Gasteiger partial charge in [0.15, 0.2) is 11.5 Å². The van der Waals surface area contributed by atoms with E-state index in [1.165, 1.54) is 10.9 Å².